The highest BCUT2D eigenvalue weighted by atomic mass is 35.5. The third-order valence-electron chi connectivity index (χ3n) is 3.33. The summed E-state index contributed by atoms with van der Waals surface area (Å²) in [7, 11) is 0.224. The molecule has 2 aliphatic rings. The van der Waals surface area contributed by atoms with Gasteiger partial charge in [0.2, 0.25) is 0 Å². The van der Waals surface area contributed by atoms with Crippen LogP contribution in [0.3, 0.4) is 0 Å². The van der Waals surface area contributed by atoms with Gasteiger partial charge in [-0.1, -0.05) is 35.9 Å². The third-order valence-corrected chi connectivity index (χ3v) is 7.05. The molecule has 0 aromatic heterocycles. The average molecular weight is 239 g/mol. The molecule has 0 N–H and O–H groups in total. The summed E-state index contributed by atoms with van der Waals surface area (Å²) in [6, 6.07) is 0. The Morgan fingerprint density at radius 2 is 1.20 bits per heavy atom. The van der Waals surface area contributed by atoms with Crippen molar-refractivity contribution < 1.29 is 0 Å². The zero-order valence-electron chi connectivity index (χ0n) is 9.14. The van der Waals surface area contributed by atoms with E-state index in [1.807, 2.05) is 0 Å². The van der Waals surface area contributed by atoms with Gasteiger partial charge in [-0.2, -0.15) is 0 Å². The molecule has 0 heterocycles. The van der Waals surface area contributed by atoms with Gasteiger partial charge in [-0.25, -0.2) is 10.7 Å². The molecule has 15 heavy (non-hydrogen) atoms. The molecule has 0 fully saturated rings. The first-order valence-electron chi connectivity index (χ1n) is 5.27. The van der Waals surface area contributed by atoms with Crippen LogP contribution in [-0.4, -0.2) is 17.4 Å². The van der Waals surface area contributed by atoms with Gasteiger partial charge in [0.05, 0.1) is 12.5 Å². The maximum atomic E-state index is 6.96. The van der Waals surface area contributed by atoms with Crippen molar-refractivity contribution in [2.24, 2.45) is 0 Å². The van der Waals surface area contributed by atoms with Crippen molar-refractivity contribution in [1.29, 1.82) is 0 Å². The van der Waals surface area contributed by atoms with E-state index >= 15 is 0 Å². The molecule has 80 valence electrons. The molecule has 0 aromatic rings. The molecule has 2 rings (SSSR count). The van der Waals surface area contributed by atoms with E-state index in [4.69, 9.17) is 11.5 Å². The fraction of sp³-hybridized carbons (Fsp3) is 0.333. The van der Waals surface area contributed by atoms with Crippen molar-refractivity contribution in [3.8, 4) is 0 Å². The second-order valence-corrected chi connectivity index (χ2v) is 7.90. The summed E-state index contributed by atoms with van der Waals surface area (Å²) in [5.41, 5.74) is 0. The lowest BCUT2D eigenvalue weighted by molar-refractivity contribution is 1.25. The van der Waals surface area contributed by atoms with Crippen molar-refractivity contribution in [1.82, 2.24) is 0 Å². The first-order chi connectivity index (χ1) is 7.15. The van der Waals surface area contributed by atoms with Gasteiger partial charge in [0.15, 0.2) is 0 Å². The van der Waals surface area contributed by atoms with Crippen LogP contribution in [0.1, 0.15) is 0 Å². The molecule has 0 nitrogen and oxygen atoms in total. The highest BCUT2D eigenvalue weighted by Gasteiger charge is 2.46. The van der Waals surface area contributed by atoms with Gasteiger partial charge in [0.1, 0.15) is 0 Å². The zero-order chi connectivity index (χ0) is 10.9. The Bertz CT molecular complexity index is 303. The average Bonchev–Trinajstić information content (AvgIpc) is 2.89. The molecule has 0 amide bonds. The topological polar surface area (TPSA) is 0 Å². The highest BCUT2D eigenvalue weighted by Crippen LogP contribution is 2.46. The number of allylic oxidation sites excluding steroid dienone is 8. The van der Waals surface area contributed by atoms with Crippen LogP contribution in [0.25, 0.3) is 0 Å². The fourth-order valence-electron chi connectivity index (χ4n) is 2.39. The van der Waals surface area contributed by atoms with Crippen LogP contribution in [0.4, 0.5) is 0 Å². The molecule has 2 aliphatic carbocycles. The lowest BCUT2D eigenvalue weighted by atomic mass is 9.51. The Kier molecular flexibility index (Phi) is 3.17. The summed E-state index contributed by atoms with van der Waals surface area (Å²) in [6.45, 7) is 0. The molecule has 0 saturated heterocycles. The van der Waals surface area contributed by atoms with Crippen LogP contribution in [0.15, 0.2) is 48.6 Å². The molecule has 0 bridgehead atoms. The minimum atomic E-state index is -0.917. The van der Waals surface area contributed by atoms with Crippen LogP contribution >= 0.6 is 11.5 Å². The van der Waals surface area contributed by atoms with Crippen LogP contribution in [-0.2, 0) is 10.7 Å². The SMILES string of the molecule is C[S+](C)[B-](Cl)(C1C=CC=C1)C1C=CC=C1. The number of rotatable bonds is 3. The van der Waals surface area contributed by atoms with Crippen molar-refractivity contribution in [3.05, 3.63) is 48.6 Å². The smallest absolute Gasteiger partial charge is 0.321 e. The third kappa shape index (κ3) is 1.85. The van der Waals surface area contributed by atoms with E-state index in [0.717, 1.165) is 0 Å². The Balaban J connectivity index is 2.31. The lowest BCUT2D eigenvalue weighted by Gasteiger charge is -2.37. The van der Waals surface area contributed by atoms with E-state index in [1.54, 1.807) is 0 Å². The molecular formula is C12H16BClS. The highest BCUT2D eigenvalue weighted by molar-refractivity contribution is 8.30. The standard InChI is InChI=1S/C12H16BClS/c1-15(2)13(14,11-7-3-4-8-11)12-9-5-6-10-12/h3-12H,1-2H3. The van der Waals surface area contributed by atoms with E-state index in [1.165, 1.54) is 0 Å². The summed E-state index contributed by atoms with van der Waals surface area (Å²) in [4.78, 5) is -0.917. The minimum absolute atomic E-state index is 0.224. The van der Waals surface area contributed by atoms with E-state index < -0.39 is 4.84 Å². The van der Waals surface area contributed by atoms with Crippen LogP contribution in [0.2, 0.25) is 11.6 Å². The van der Waals surface area contributed by atoms with E-state index in [0.29, 0.717) is 11.6 Å². The molecule has 0 aliphatic heterocycles. The van der Waals surface area contributed by atoms with Gasteiger partial charge in [0, 0.05) is 0 Å². The Morgan fingerprint density at radius 3 is 1.47 bits per heavy atom. The summed E-state index contributed by atoms with van der Waals surface area (Å²) < 4.78 is 0. The first kappa shape index (κ1) is 11.2. The van der Waals surface area contributed by atoms with Crippen LogP contribution in [0, 0.1) is 0 Å². The van der Waals surface area contributed by atoms with Crippen LogP contribution in [0.5, 0.6) is 0 Å². The molecule has 0 atom stereocenters. The molecule has 0 unspecified atom stereocenters. The lowest BCUT2D eigenvalue weighted by Crippen LogP contribution is -2.44. The summed E-state index contributed by atoms with van der Waals surface area (Å²) in [5, 5.41) is 0. The number of halogens is 1. The Labute approximate surface area is 99.9 Å². The quantitative estimate of drug-likeness (QED) is 0.521. The molecule has 0 radical (unpaired) electrons. The molecular weight excluding hydrogens is 222 g/mol. The zero-order valence-corrected chi connectivity index (χ0v) is 10.7. The van der Waals surface area contributed by atoms with Crippen molar-refractivity contribution in [2.45, 2.75) is 11.6 Å². The maximum absolute atomic E-state index is 6.96. The van der Waals surface area contributed by atoms with Gasteiger partial charge < -0.3 is 11.5 Å². The van der Waals surface area contributed by atoms with Gasteiger partial charge in [0.25, 0.3) is 0 Å². The number of hydrogen-bond acceptors (Lipinski definition) is 0. The largest absolute Gasteiger partial charge is 0.323 e. The first-order valence-corrected chi connectivity index (χ1v) is 7.81. The Hall–Kier alpha value is -0.335. The fourth-order valence-corrected chi connectivity index (χ4v) is 4.35. The van der Waals surface area contributed by atoms with Crippen molar-refractivity contribution in [2.75, 3.05) is 12.5 Å². The van der Waals surface area contributed by atoms with Crippen molar-refractivity contribution in [3.63, 3.8) is 0 Å². The molecule has 3 heteroatoms. The second kappa shape index (κ2) is 4.27. The van der Waals surface area contributed by atoms with Gasteiger partial charge in [-0.05, 0) is 0 Å². The monoisotopic (exact) mass is 238 g/mol. The Morgan fingerprint density at radius 1 is 0.867 bits per heavy atom. The minimum Gasteiger partial charge on any atom is -0.321 e. The van der Waals surface area contributed by atoms with Gasteiger partial charge in [-0.3, -0.25) is 0 Å². The summed E-state index contributed by atoms with van der Waals surface area (Å²) in [5.74, 6) is 0.838. The van der Waals surface area contributed by atoms with Crippen molar-refractivity contribution >= 4 is 27.0 Å². The normalized spacial score (nSPS) is 21.3. The predicted molar refractivity (Wildman–Crippen MR) is 74.9 cm³/mol. The second-order valence-electron chi connectivity index (χ2n) is 4.38. The number of hydrogen-bond donors (Lipinski definition) is 0. The molecule has 0 aromatic carbocycles. The van der Waals surface area contributed by atoms with Crippen LogP contribution < -0.4 is 0 Å². The maximum Gasteiger partial charge on any atom is 0.323 e. The molecule has 0 spiro atoms. The van der Waals surface area contributed by atoms with E-state index in [-0.39, 0.29) is 10.7 Å². The van der Waals surface area contributed by atoms with Gasteiger partial charge in [-0.15, -0.1) is 24.3 Å². The van der Waals surface area contributed by atoms with E-state index in [2.05, 4.69) is 61.1 Å². The van der Waals surface area contributed by atoms with E-state index in [9.17, 15) is 0 Å². The summed E-state index contributed by atoms with van der Waals surface area (Å²) in [6.07, 6.45) is 21.9. The van der Waals surface area contributed by atoms with Gasteiger partial charge >= 0.3 is 4.84 Å². The predicted octanol–water partition coefficient (Wildman–Crippen LogP) is 3.54. The summed E-state index contributed by atoms with van der Waals surface area (Å²) >= 11 is 6.96. The molecule has 0 saturated carbocycles.